The molecule has 9 heteroatoms. The predicted molar refractivity (Wildman–Crippen MR) is 93.5 cm³/mol. The van der Waals surface area contributed by atoms with Crippen LogP contribution in [0.1, 0.15) is 23.6 Å². The molecule has 0 spiro atoms. The summed E-state index contributed by atoms with van der Waals surface area (Å²) < 4.78 is 13.5. The van der Waals surface area contributed by atoms with Crippen molar-refractivity contribution in [2.45, 2.75) is 19.3 Å². The van der Waals surface area contributed by atoms with Crippen molar-refractivity contribution in [3.05, 3.63) is 51.7 Å². The van der Waals surface area contributed by atoms with Gasteiger partial charge < -0.3 is 16.0 Å². The molecule has 136 valence electrons. The Labute approximate surface area is 148 Å². The lowest BCUT2D eigenvalue weighted by molar-refractivity contribution is -0.126. The van der Waals surface area contributed by atoms with E-state index >= 15 is 0 Å². The number of nitrogens with zero attached hydrogens (tertiary/aromatic N) is 1. The first-order valence-electron chi connectivity index (χ1n) is 8.11. The van der Waals surface area contributed by atoms with Gasteiger partial charge in [0, 0.05) is 37.0 Å². The van der Waals surface area contributed by atoms with E-state index < -0.39 is 11.7 Å². The summed E-state index contributed by atoms with van der Waals surface area (Å²) in [4.78, 5) is 42.2. The molecule has 0 radical (unpaired) electrons. The lowest BCUT2D eigenvalue weighted by Crippen LogP contribution is -2.37. The Hall–Kier alpha value is -3.23. The van der Waals surface area contributed by atoms with Crippen molar-refractivity contribution in [3.8, 4) is 0 Å². The van der Waals surface area contributed by atoms with Gasteiger partial charge in [0.05, 0.1) is 5.92 Å². The van der Waals surface area contributed by atoms with Crippen molar-refractivity contribution in [2.24, 2.45) is 0 Å². The number of aromatic nitrogens is 2. The van der Waals surface area contributed by atoms with Crippen LogP contribution in [0.15, 0.2) is 29.1 Å². The van der Waals surface area contributed by atoms with Crippen LogP contribution in [0.4, 0.5) is 16.0 Å². The van der Waals surface area contributed by atoms with Gasteiger partial charge in [0.2, 0.25) is 17.8 Å². The number of aromatic amines is 1. The van der Waals surface area contributed by atoms with Crippen molar-refractivity contribution >= 4 is 23.5 Å². The first kappa shape index (κ1) is 17.6. The van der Waals surface area contributed by atoms with Crippen LogP contribution in [0.25, 0.3) is 0 Å². The third kappa shape index (κ3) is 4.05. The molecule has 0 fully saturated rings. The van der Waals surface area contributed by atoms with Gasteiger partial charge in [-0.3, -0.25) is 19.4 Å². The molecule has 0 aliphatic carbocycles. The number of anilines is 2. The molecular weight excluding hydrogens is 341 g/mol. The van der Waals surface area contributed by atoms with Gasteiger partial charge in [0.15, 0.2) is 0 Å². The molecule has 2 amide bonds. The van der Waals surface area contributed by atoms with Gasteiger partial charge in [-0.05, 0) is 30.7 Å². The summed E-state index contributed by atoms with van der Waals surface area (Å²) in [7, 11) is 0. The Balaban J connectivity index is 1.59. The van der Waals surface area contributed by atoms with E-state index in [1.807, 2.05) is 0 Å². The molecule has 1 atom stereocenters. The van der Waals surface area contributed by atoms with Crippen LogP contribution in [-0.4, -0.2) is 34.9 Å². The first-order valence-corrected chi connectivity index (χ1v) is 8.11. The number of rotatable bonds is 5. The molecular formula is C17H18FN5O3. The molecule has 0 bridgehead atoms. The molecule has 3 rings (SSSR count). The maximum Gasteiger partial charge on any atom is 0.252 e. The number of halogens is 1. The highest BCUT2D eigenvalue weighted by atomic mass is 19.1. The number of H-pyrrole nitrogens is 1. The zero-order valence-corrected chi connectivity index (χ0v) is 14.1. The minimum Gasteiger partial charge on any atom is -0.354 e. The molecule has 1 aromatic carbocycles. The number of amides is 2. The van der Waals surface area contributed by atoms with Gasteiger partial charge in [-0.1, -0.05) is 0 Å². The van der Waals surface area contributed by atoms with E-state index in [-0.39, 0.29) is 30.3 Å². The molecule has 2 heterocycles. The van der Waals surface area contributed by atoms with Gasteiger partial charge in [-0.15, -0.1) is 0 Å². The van der Waals surface area contributed by atoms with Crippen LogP contribution in [0.5, 0.6) is 0 Å². The number of aryl methyl sites for hydroxylation is 1. The number of fused-ring (bicyclic) bond motifs is 1. The maximum absolute atomic E-state index is 13.5. The minimum absolute atomic E-state index is 0.0392. The Bertz CT molecular complexity index is 912. The molecule has 1 aliphatic rings. The van der Waals surface area contributed by atoms with E-state index in [4.69, 9.17) is 0 Å². The second-order valence-electron chi connectivity index (χ2n) is 5.99. The summed E-state index contributed by atoms with van der Waals surface area (Å²) in [5.74, 6) is -1.54. The van der Waals surface area contributed by atoms with Gasteiger partial charge >= 0.3 is 0 Å². The third-order valence-corrected chi connectivity index (χ3v) is 3.96. The number of hydrogen-bond acceptors (Lipinski definition) is 5. The molecule has 0 saturated carbocycles. The molecule has 1 aliphatic heterocycles. The van der Waals surface area contributed by atoms with Crippen LogP contribution in [0.3, 0.4) is 0 Å². The average Bonchev–Trinajstić information content (AvgIpc) is 2.57. The smallest absolute Gasteiger partial charge is 0.252 e. The van der Waals surface area contributed by atoms with E-state index in [1.54, 1.807) is 6.92 Å². The highest BCUT2D eigenvalue weighted by Gasteiger charge is 2.30. The van der Waals surface area contributed by atoms with Gasteiger partial charge in [-0.25, -0.2) is 9.37 Å². The quantitative estimate of drug-likeness (QED) is 0.591. The molecule has 26 heavy (non-hydrogen) atoms. The van der Waals surface area contributed by atoms with Crippen LogP contribution in [0.2, 0.25) is 0 Å². The fourth-order valence-electron chi connectivity index (χ4n) is 2.82. The van der Waals surface area contributed by atoms with Crippen LogP contribution < -0.4 is 21.5 Å². The summed E-state index contributed by atoms with van der Waals surface area (Å²) in [5, 5.41) is 8.24. The molecule has 2 aromatic rings. The molecule has 4 N–H and O–H groups in total. The third-order valence-electron chi connectivity index (χ3n) is 3.96. The second kappa shape index (κ2) is 7.34. The lowest BCUT2D eigenvalue weighted by Gasteiger charge is -2.25. The van der Waals surface area contributed by atoms with Crippen LogP contribution in [-0.2, 0) is 9.59 Å². The van der Waals surface area contributed by atoms with Gasteiger partial charge in [-0.2, -0.15) is 0 Å². The summed E-state index contributed by atoms with van der Waals surface area (Å²) in [6.07, 6.45) is -0.0392. The Morgan fingerprint density at radius 3 is 2.88 bits per heavy atom. The molecule has 0 saturated heterocycles. The monoisotopic (exact) mass is 359 g/mol. The summed E-state index contributed by atoms with van der Waals surface area (Å²) >= 11 is 0. The summed E-state index contributed by atoms with van der Waals surface area (Å²) in [6, 6.07) is 5.32. The highest BCUT2D eigenvalue weighted by molar-refractivity contribution is 6.01. The largest absolute Gasteiger partial charge is 0.354 e. The summed E-state index contributed by atoms with van der Waals surface area (Å²) in [6.45, 7) is 2.28. The van der Waals surface area contributed by atoms with Crippen molar-refractivity contribution in [2.75, 3.05) is 23.7 Å². The number of carbonyl (C=O) groups is 2. The maximum atomic E-state index is 13.5. The normalized spacial score (nSPS) is 15.8. The van der Waals surface area contributed by atoms with E-state index in [0.29, 0.717) is 29.4 Å². The number of benzene rings is 1. The highest BCUT2D eigenvalue weighted by Crippen LogP contribution is 2.32. The van der Waals surface area contributed by atoms with Gasteiger partial charge in [0.25, 0.3) is 5.56 Å². The Morgan fingerprint density at radius 1 is 1.31 bits per heavy atom. The Kier molecular flexibility index (Phi) is 4.97. The van der Waals surface area contributed by atoms with Crippen LogP contribution in [0, 0.1) is 12.7 Å². The van der Waals surface area contributed by atoms with Crippen molar-refractivity contribution < 1.29 is 14.0 Å². The standard InChI is InChI=1S/C17H18FN5O3/c1-9-6-14(24)23-17(21-9)20-5-4-19-16(26)12-8-15(25)22-13-3-2-10(18)7-11(12)13/h2-3,6-7,12H,4-5,8H2,1H3,(H,19,26)(H,22,25)(H2,20,21,23,24). The fourth-order valence-corrected chi connectivity index (χ4v) is 2.82. The number of nitrogens with one attached hydrogen (secondary N) is 4. The van der Waals surface area contributed by atoms with Crippen molar-refractivity contribution in [1.82, 2.24) is 15.3 Å². The fraction of sp³-hybridized carbons (Fsp3) is 0.294. The minimum atomic E-state index is -0.744. The molecule has 1 unspecified atom stereocenters. The number of carbonyl (C=O) groups excluding carboxylic acids is 2. The zero-order valence-electron chi connectivity index (χ0n) is 14.1. The van der Waals surface area contributed by atoms with Crippen molar-refractivity contribution in [1.29, 1.82) is 0 Å². The van der Waals surface area contributed by atoms with E-state index in [2.05, 4.69) is 25.9 Å². The van der Waals surface area contributed by atoms with E-state index in [9.17, 15) is 18.8 Å². The van der Waals surface area contributed by atoms with E-state index in [1.165, 1.54) is 24.3 Å². The van der Waals surface area contributed by atoms with Crippen molar-refractivity contribution in [3.63, 3.8) is 0 Å². The molecule has 1 aromatic heterocycles. The Morgan fingerprint density at radius 2 is 2.12 bits per heavy atom. The van der Waals surface area contributed by atoms with E-state index in [0.717, 1.165) is 0 Å². The second-order valence-corrected chi connectivity index (χ2v) is 5.99. The lowest BCUT2D eigenvalue weighted by atomic mass is 9.89. The zero-order chi connectivity index (χ0) is 18.7. The molecule has 8 nitrogen and oxygen atoms in total. The number of hydrogen-bond donors (Lipinski definition) is 4. The first-order chi connectivity index (χ1) is 12.4. The predicted octanol–water partition coefficient (Wildman–Crippen LogP) is 0.872. The van der Waals surface area contributed by atoms with Crippen LogP contribution >= 0.6 is 0 Å². The average molecular weight is 359 g/mol. The summed E-state index contributed by atoms with van der Waals surface area (Å²) in [5.41, 5.74) is 1.21. The SMILES string of the molecule is Cc1cc(=O)[nH]c(NCCNC(=O)C2CC(=O)Nc3ccc(F)cc32)n1. The topological polar surface area (TPSA) is 116 Å². The van der Waals surface area contributed by atoms with Gasteiger partial charge in [0.1, 0.15) is 5.82 Å².